The second-order valence-corrected chi connectivity index (χ2v) is 7.56. The lowest BCUT2D eigenvalue weighted by atomic mass is 9.96. The van der Waals surface area contributed by atoms with Gasteiger partial charge in [-0.3, -0.25) is 9.59 Å². The van der Waals surface area contributed by atoms with Crippen LogP contribution in [-0.4, -0.2) is 22.6 Å². The SMILES string of the molecule is CC(C)CCCCCCC[C@H](CC(=O)OC(C)(C)C)C(=O)O. The summed E-state index contributed by atoms with van der Waals surface area (Å²) in [5, 5.41) is 9.21. The number of carboxylic acid groups (broad SMARTS) is 1. The maximum atomic E-state index is 11.7. The summed E-state index contributed by atoms with van der Waals surface area (Å²) in [4.78, 5) is 23.0. The molecule has 0 aromatic rings. The third kappa shape index (κ3) is 12.7. The highest BCUT2D eigenvalue weighted by molar-refractivity contribution is 5.78. The van der Waals surface area contributed by atoms with Crippen LogP contribution in [0, 0.1) is 11.8 Å². The molecule has 0 saturated carbocycles. The minimum atomic E-state index is -0.898. The Hall–Kier alpha value is -1.06. The highest BCUT2D eigenvalue weighted by Gasteiger charge is 2.24. The van der Waals surface area contributed by atoms with E-state index in [-0.39, 0.29) is 6.42 Å². The Kier molecular flexibility index (Phi) is 10.1. The summed E-state index contributed by atoms with van der Waals surface area (Å²) >= 11 is 0. The Morgan fingerprint density at radius 1 is 0.955 bits per heavy atom. The fraction of sp³-hybridized carbons (Fsp3) is 0.889. The van der Waals surface area contributed by atoms with Crippen LogP contribution < -0.4 is 0 Å². The highest BCUT2D eigenvalue weighted by Crippen LogP contribution is 2.19. The fourth-order valence-corrected chi connectivity index (χ4v) is 2.37. The molecule has 1 atom stereocenters. The van der Waals surface area contributed by atoms with Gasteiger partial charge in [0, 0.05) is 0 Å². The number of carboxylic acids is 1. The number of carbonyl (C=O) groups is 2. The zero-order valence-corrected chi connectivity index (χ0v) is 15.0. The molecular weight excluding hydrogens is 280 g/mol. The van der Waals surface area contributed by atoms with Gasteiger partial charge in [0.15, 0.2) is 0 Å². The fourth-order valence-electron chi connectivity index (χ4n) is 2.37. The van der Waals surface area contributed by atoms with Gasteiger partial charge in [-0.15, -0.1) is 0 Å². The van der Waals surface area contributed by atoms with E-state index in [0.29, 0.717) is 6.42 Å². The molecule has 0 aromatic carbocycles. The van der Waals surface area contributed by atoms with Gasteiger partial charge in [-0.2, -0.15) is 0 Å². The van der Waals surface area contributed by atoms with E-state index in [1.54, 1.807) is 20.8 Å². The molecule has 0 rings (SSSR count). The number of esters is 1. The molecule has 0 saturated heterocycles. The second kappa shape index (κ2) is 10.6. The zero-order valence-electron chi connectivity index (χ0n) is 15.0. The molecule has 0 aromatic heterocycles. The van der Waals surface area contributed by atoms with Gasteiger partial charge in [0.25, 0.3) is 0 Å². The predicted octanol–water partition coefficient (Wildman–Crippen LogP) is 4.81. The summed E-state index contributed by atoms with van der Waals surface area (Å²) in [6.45, 7) is 9.83. The molecule has 4 nitrogen and oxygen atoms in total. The van der Waals surface area contributed by atoms with Crippen molar-refractivity contribution in [2.24, 2.45) is 11.8 Å². The monoisotopic (exact) mass is 314 g/mol. The Morgan fingerprint density at radius 2 is 1.45 bits per heavy atom. The predicted molar refractivity (Wildman–Crippen MR) is 88.7 cm³/mol. The molecule has 0 heterocycles. The number of hydrogen-bond donors (Lipinski definition) is 1. The molecule has 0 aliphatic rings. The van der Waals surface area contributed by atoms with E-state index in [1.807, 2.05) is 0 Å². The first kappa shape index (κ1) is 20.9. The van der Waals surface area contributed by atoms with Crippen molar-refractivity contribution >= 4 is 11.9 Å². The number of rotatable bonds is 11. The number of hydrogen-bond acceptors (Lipinski definition) is 3. The van der Waals surface area contributed by atoms with E-state index in [4.69, 9.17) is 4.74 Å². The second-order valence-electron chi connectivity index (χ2n) is 7.56. The quantitative estimate of drug-likeness (QED) is 0.439. The molecule has 0 fully saturated rings. The van der Waals surface area contributed by atoms with E-state index < -0.39 is 23.5 Å². The van der Waals surface area contributed by atoms with Gasteiger partial charge in [-0.1, -0.05) is 52.4 Å². The van der Waals surface area contributed by atoms with Crippen molar-refractivity contribution in [2.75, 3.05) is 0 Å². The number of aliphatic carboxylic acids is 1. The van der Waals surface area contributed by atoms with E-state index in [0.717, 1.165) is 25.2 Å². The molecule has 0 spiro atoms. The average molecular weight is 314 g/mol. The van der Waals surface area contributed by atoms with Gasteiger partial charge < -0.3 is 9.84 Å². The van der Waals surface area contributed by atoms with Gasteiger partial charge in [-0.05, 0) is 33.1 Å². The number of ether oxygens (including phenoxy) is 1. The summed E-state index contributed by atoms with van der Waals surface area (Å²) in [5.74, 6) is -1.18. The van der Waals surface area contributed by atoms with Crippen molar-refractivity contribution in [3.8, 4) is 0 Å². The number of carbonyl (C=O) groups excluding carboxylic acids is 1. The van der Waals surface area contributed by atoms with Crippen molar-refractivity contribution in [3.63, 3.8) is 0 Å². The van der Waals surface area contributed by atoms with E-state index in [9.17, 15) is 14.7 Å². The van der Waals surface area contributed by atoms with Crippen LogP contribution in [-0.2, 0) is 14.3 Å². The van der Waals surface area contributed by atoms with Gasteiger partial charge >= 0.3 is 11.9 Å². The molecule has 130 valence electrons. The van der Waals surface area contributed by atoms with Gasteiger partial charge in [0.2, 0.25) is 0 Å². The average Bonchev–Trinajstić information content (AvgIpc) is 2.33. The van der Waals surface area contributed by atoms with Crippen LogP contribution in [0.4, 0.5) is 0 Å². The summed E-state index contributed by atoms with van der Waals surface area (Å²) in [7, 11) is 0. The summed E-state index contributed by atoms with van der Waals surface area (Å²) < 4.78 is 5.20. The van der Waals surface area contributed by atoms with Crippen LogP contribution in [0.5, 0.6) is 0 Å². The molecule has 1 N–H and O–H groups in total. The Bertz CT molecular complexity index is 328. The topological polar surface area (TPSA) is 63.6 Å². The van der Waals surface area contributed by atoms with Gasteiger partial charge in [0.1, 0.15) is 5.60 Å². The van der Waals surface area contributed by atoms with Gasteiger partial charge in [-0.25, -0.2) is 0 Å². The molecule has 0 amide bonds. The van der Waals surface area contributed by atoms with Crippen LogP contribution in [0.1, 0.15) is 86.0 Å². The standard InChI is InChI=1S/C18H34O4/c1-14(2)11-9-7-6-8-10-12-15(17(20)21)13-16(19)22-18(3,4)5/h14-15H,6-13H2,1-5H3,(H,20,21)/t15-/m1/s1. The van der Waals surface area contributed by atoms with Gasteiger partial charge in [0.05, 0.1) is 12.3 Å². The number of unbranched alkanes of at least 4 members (excludes halogenated alkanes) is 4. The first-order valence-corrected chi connectivity index (χ1v) is 8.56. The zero-order chi connectivity index (χ0) is 17.2. The van der Waals surface area contributed by atoms with Crippen LogP contribution in [0.3, 0.4) is 0 Å². The smallest absolute Gasteiger partial charge is 0.307 e. The van der Waals surface area contributed by atoms with Crippen LogP contribution >= 0.6 is 0 Å². The van der Waals surface area contributed by atoms with Crippen molar-refractivity contribution in [1.82, 2.24) is 0 Å². The lowest BCUT2D eigenvalue weighted by Crippen LogP contribution is -2.27. The minimum absolute atomic E-state index is 0.0278. The molecule has 0 radical (unpaired) electrons. The molecular formula is C18H34O4. The maximum Gasteiger partial charge on any atom is 0.307 e. The van der Waals surface area contributed by atoms with E-state index in [1.165, 1.54) is 19.3 Å². The molecule has 0 bridgehead atoms. The van der Waals surface area contributed by atoms with Crippen LogP contribution in [0.25, 0.3) is 0 Å². The van der Waals surface area contributed by atoms with E-state index >= 15 is 0 Å². The summed E-state index contributed by atoms with van der Waals surface area (Å²) in [6, 6.07) is 0. The first-order chi connectivity index (χ1) is 10.1. The minimum Gasteiger partial charge on any atom is -0.481 e. The first-order valence-electron chi connectivity index (χ1n) is 8.56. The molecule has 4 heteroatoms. The van der Waals surface area contributed by atoms with Crippen molar-refractivity contribution < 1.29 is 19.4 Å². The van der Waals surface area contributed by atoms with E-state index in [2.05, 4.69) is 13.8 Å². The normalized spacial score (nSPS) is 13.2. The van der Waals surface area contributed by atoms with Crippen molar-refractivity contribution in [3.05, 3.63) is 0 Å². The molecule has 0 aliphatic heterocycles. The Labute approximate surface area is 135 Å². The van der Waals surface area contributed by atoms with Crippen molar-refractivity contribution in [2.45, 2.75) is 91.6 Å². The maximum absolute atomic E-state index is 11.7. The molecule has 0 aliphatic carbocycles. The highest BCUT2D eigenvalue weighted by atomic mass is 16.6. The van der Waals surface area contributed by atoms with Crippen LogP contribution in [0.2, 0.25) is 0 Å². The Morgan fingerprint density at radius 3 is 1.91 bits per heavy atom. The van der Waals surface area contributed by atoms with Crippen molar-refractivity contribution in [1.29, 1.82) is 0 Å². The lowest BCUT2D eigenvalue weighted by Gasteiger charge is -2.21. The molecule has 22 heavy (non-hydrogen) atoms. The van der Waals surface area contributed by atoms with Crippen LogP contribution in [0.15, 0.2) is 0 Å². The third-order valence-corrected chi connectivity index (χ3v) is 3.52. The molecule has 0 unspecified atom stereocenters. The third-order valence-electron chi connectivity index (χ3n) is 3.52. The largest absolute Gasteiger partial charge is 0.481 e. The summed E-state index contributed by atoms with van der Waals surface area (Å²) in [5.41, 5.74) is -0.559. The lowest BCUT2D eigenvalue weighted by molar-refractivity contribution is -0.160. The summed E-state index contributed by atoms with van der Waals surface area (Å²) in [6.07, 6.45) is 7.29. The Balaban J connectivity index is 3.91.